The van der Waals surface area contributed by atoms with Gasteiger partial charge in [-0.25, -0.2) is 0 Å². The number of nitrogens with zero attached hydrogens (tertiary/aromatic N) is 2. The summed E-state index contributed by atoms with van der Waals surface area (Å²) in [7, 11) is 0. The van der Waals surface area contributed by atoms with Gasteiger partial charge >= 0.3 is 0 Å². The molecule has 3 rings (SSSR count). The topological polar surface area (TPSA) is 46.9 Å². The summed E-state index contributed by atoms with van der Waals surface area (Å²) in [6.45, 7) is 6.12. The van der Waals surface area contributed by atoms with Gasteiger partial charge in [-0.2, -0.15) is 5.10 Å². The molecule has 0 radical (unpaired) electrons. The predicted octanol–water partition coefficient (Wildman–Crippen LogP) is 6.23. The van der Waals surface area contributed by atoms with Crippen LogP contribution in [0.1, 0.15) is 18.3 Å². The second-order valence-corrected chi connectivity index (χ2v) is 8.54. The molecule has 0 saturated heterocycles. The highest BCUT2D eigenvalue weighted by molar-refractivity contribution is 7.99. The molecule has 1 N–H and O–H groups in total. The van der Waals surface area contributed by atoms with Crippen LogP contribution in [0.2, 0.25) is 10.0 Å². The Balaban J connectivity index is 1.71. The van der Waals surface area contributed by atoms with Crippen molar-refractivity contribution < 1.29 is 4.79 Å². The SMILES string of the molecule is Cc1nn(CC(C)C(=O)Nc2ccccc2Sc2ccc(Cl)cc2)c(C)c1Cl. The van der Waals surface area contributed by atoms with E-state index >= 15 is 0 Å². The quantitative estimate of drug-likeness (QED) is 0.500. The number of benzene rings is 2. The molecule has 0 fully saturated rings. The van der Waals surface area contributed by atoms with Crippen LogP contribution in [0, 0.1) is 19.8 Å². The maximum Gasteiger partial charge on any atom is 0.229 e. The van der Waals surface area contributed by atoms with E-state index in [0.29, 0.717) is 16.6 Å². The molecule has 1 aromatic heterocycles. The van der Waals surface area contributed by atoms with Gasteiger partial charge in [0.05, 0.1) is 34.6 Å². The lowest BCUT2D eigenvalue weighted by Crippen LogP contribution is -2.25. The Labute approximate surface area is 179 Å². The molecule has 146 valence electrons. The van der Waals surface area contributed by atoms with Gasteiger partial charge in [0, 0.05) is 14.8 Å². The molecule has 0 aliphatic carbocycles. The van der Waals surface area contributed by atoms with E-state index in [1.54, 1.807) is 16.4 Å². The summed E-state index contributed by atoms with van der Waals surface area (Å²) in [6, 6.07) is 15.4. The third kappa shape index (κ3) is 4.90. The lowest BCUT2D eigenvalue weighted by atomic mass is 10.1. The Kier molecular flexibility index (Phi) is 6.70. The number of amides is 1. The van der Waals surface area contributed by atoms with E-state index in [-0.39, 0.29) is 11.8 Å². The van der Waals surface area contributed by atoms with Crippen LogP contribution in [0.15, 0.2) is 58.3 Å². The molecule has 0 spiro atoms. The fraction of sp³-hybridized carbons (Fsp3) is 0.238. The smallest absolute Gasteiger partial charge is 0.229 e. The van der Waals surface area contributed by atoms with Gasteiger partial charge in [0.15, 0.2) is 0 Å². The third-order valence-corrected chi connectivity index (χ3v) is 6.26. The number of halogens is 2. The number of anilines is 1. The van der Waals surface area contributed by atoms with Gasteiger partial charge in [-0.1, -0.05) is 54.0 Å². The summed E-state index contributed by atoms with van der Waals surface area (Å²) < 4.78 is 1.79. The summed E-state index contributed by atoms with van der Waals surface area (Å²) in [6.07, 6.45) is 0. The minimum atomic E-state index is -0.261. The van der Waals surface area contributed by atoms with E-state index in [9.17, 15) is 4.79 Å². The summed E-state index contributed by atoms with van der Waals surface area (Å²) in [5, 5.41) is 8.80. The maximum absolute atomic E-state index is 12.8. The molecule has 0 aliphatic rings. The first-order chi connectivity index (χ1) is 13.3. The molecule has 0 aliphatic heterocycles. The molecule has 28 heavy (non-hydrogen) atoms. The van der Waals surface area contributed by atoms with Crippen molar-refractivity contribution in [2.24, 2.45) is 5.92 Å². The second-order valence-electron chi connectivity index (χ2n) is 6.61. The Hall–Kier alpha value is -1.95. The molecule has 1 amide bonds. The molecule has 0 saturated carbocycles. The zero-order valence-electron chi connectivity index (χ0n) is 15.9. The van der Waals surface area contributed by atoms with Gasteiger partial charge in [-0.3, -0.25) is 9.48 Å². The van der Waals surface area contributed by atoms with Gasteiger partial charge in [0.25, 0.3) is 0 Å². The highest BCUT2D eigenvalue weighted by atomic mass is 35.5. The van der Waals surface area contributed by atoms with Crippen LogP contribution in [-0.2, 0) is 11.3 Å². The van der Waals surface area contributed by atoms with Crippen molar-refractivity contribution in [2.75, 3.05) is 5.32 Å². The van der Waals surface area contributed by atoms with Crippen LogP contribution in [0.4, 0.5) is 5.69 Å². The first-order valence-corrected chi connectivity index (χ1v) is 10.4. The lowest BCUT2D eigenvalue weighted by molar-refractivity contribution is -0.119. The monoisotopic (exact) mass is 433 g/mol. The van der Waals surface area contributed by atoms with Crippen molar-refractivity contribution in [1.29, 1.82) is 0 Å². The van der Waals surface area contributed by atoms with E-state index in [1.165, 1.54) is 0 Å². The lowest BCUT2D eigenvalue weighted by Gasteiger charge is -2.15. The van der Waals surface area contributed by atoms with Gasteiger partial charge in [0.1, 0.15) is 0 Å². The van der Waals surface area contributed by atoms with Gasteiger partial charge < -0.3 is 5.32 Å². The fourth-order valence-electron chi connectivity index (χ4n) is 2.74. The van der Waals surface area contributed by atoms with Gasteiger partial charge in [0.2, 0.25) is 5.91 Å². The minimum Gasteiger partial charge on any atom is -0.325 e. The first-order valence-electron chi connectivity index (χ1n) is 8.88. The Bertz CT molecular complexity index is 986. The molecular weight excluding hydrogens is 413 g/mol. The molecule has 3 aromatic rings. The van der Waals surface area contributed by atoms with Crippen LogP contribution < -0.4 is 5.32 Å². The van der Waals surface area contributed by atoms with E-state index < -0.39 is 0 Å². The minimum absolute atomic E-state index is 0.0622. The number of carbonyl (C=O) groups excluding carboxylic acids is 1. The van der Waals surface area contributed by atoms with Crippen LogP contribution in [0.3, 0.4) is 0 Å². The third-order valence-electron chi connectivity index (χ3n) is 4.37. The number of carbonyl (C=O) groups is 1. The average molecular weight is 434 g/mol. The molecule has 1 heterocycles. The highest BCUT2D eigenvalue weighted by Crippen LogP contribution is 2.34. The summed E-state index contributed by atoms with van der Waals surface area (Å²) in [5.41, 5.74) is 2.43. The van der Waals surface area contributed by atoms with Crippen LogP contribution in [0.25, 0.3) is 0 Å². The Morgan fingerprint density at radius 1 is 1.14 bits per heavy atom. The number of hydrogen-bond donors (Lipinski definition) is 1. The number of aromatic nitrogens is 2. The molecule has 1 unspecified atom stereocenters. The van der Waals surface area contributed by atoms with Crippen molar-refractivity contribution in [1.82, 2.24) is 9.78 Å². The van der Waals surface area contributed by atoms with E-state index in [2.05, 4.69) is 10.4 Å². The summed E-state index contributed by atoms with van der Waals surface area (Å²) in [5.74, 6) is -0.324. The second kappa shape index (κ2) is 9.03. The van der Waals surface area contributed by atoms with E-state index in [4.69, 9.17) is 23.2 Å². The van der Waals surface area contributed by atoms with Crippen molar-refractivity contribution in [3.05, 3.63) is 70.0 Å². The van der Waals surface area contributed by atoms with E-state index in [0.717, 1.165) is 26.9 Å². The van der Waals surface area contributed by atoms with Crippen molar-refractivity contribution in [3.63, 3.8) is 0 Å². The largest absolute Gasteiger partial charge is 0.325 e. The predicted molar refractivity (Wildman–Crippen MR) is 117 cm³/mol. The van der Waals surface area contributed by atoms with Gasteiger partial charge in [-0.05, 0) is 50.2 Å². The van der Waals surface area contributed by atoms with Crippen molar-refractivity contribution in [3.8, 4) is 0 Å². The van der Waals surface area contributed by atoms with Crippen molar-refractivity contribution in [2.45, 2.75) is 37.1 Å². The average Bonchev–Trinajstić information content (AvgIpc) is 2.91. The molecule has 0 bridgehead atoms. The van der Waals surface area contributed by atoms with Crippen LogP contribution in [0.5, 0.6) is 0 Å². The zero-order valence-corrected chi connectivity index (χ0v) is 18.2. The molecule has 4 nitrogen and oxygen atoms in total. The van der Waals surface area contributed by atoms with Crippen molar-refractivity contribution >= 4 is 46.6 Å². The molecule has 2 aromatic carbocycles. The van der Waals surface area contributed by atoms with Crippen LogP contribution in [-0.4, -0.2) is 15.7 Å². The maximum atomic E-state index is 12.8. The Morgan fingerprint density at radius 2 is 1.82 bits per heavy atom. The van der Waals surface area contributed by atoms with E-state index in [1.807, 2.05) is 69.3 Å². The summed E-state index contributed by atoms with van der Waals surface area (Å²) >= 11 is 13.7. The molecular formula is C21H21Cl2N3OS. The van der Waals surface area contributed by atoms with Crippen LogP contribution >= 0.6 is 35.0 Å². The fourth-order valence-corrected chi connectivity index (χ4v) is 3.90. The van der Waals surface area contributed by atoms with Gasteiger partial charge in [-0.15, -0.1) is 0 Å². The standard InChI is InChI=1S/C21H21Cl2N3OS/c1-13(12-26-15(3)20(23)14(2)25-26)21(27)24-18-6-4-5-7-19(18)28-17-10-8-16(22)9-11-17/h4-11,13H,12H2,1-3H3,(H,24,27). The zero-order chi connectivity index (χ0) is 20.3. The number of aryl methyl sites for hydroxylation is 1. The highest BCUT2D eigenvalue weighted by Gasteiger charge is 2.18. The molecule has 1 atom stereocenters. The first kappa shape index (κ1) is 20.8. The normalized spacial score (nSPS) is 12.0. The number of rotatable bonds is 6. The molecule has 7 heteroatoms. The number of hydrogen-bond acceptors (Lipinski definition) is 3. The Morgan fingerprint density at radius 3 is 2.46 bits per heavy atom. The summed E-state index contributed by atoms with van der Waals surface area (Å²) in [4.78, 5) is 14.8. The number of nitrogens with one attached hydrogen (secondary N) is 1. The number of para-hydroxylation sites is 1.